The van der Waals surface area contributed by atoms with E-state index in [0.717, 1.165) is 47.8 Å². The molecule has 2 heterocycles. The summed E-state index contributed by atoms with van der Waals surface area (Å²) in [6.45, 7) is 5.30. The molecule has 6 heteroatoms. The number of amides is 1. The van der Waals surface area contributed by atoms with Gasteiger partial charge in [0.15, 0.2) is 0 Å². The molecule has 146 valence electrons. The maximum absolute atomic E-state index is 12.9. The molecule has 1 aromatic heterocycles. The van der Waals surface area contributed by atoms with Crippen molar-refractivity contribution in [3.05, 3.63) is 52.4 Å². The number of nitrogens with one attached hydrogen (secondary N) is 2. The number of rotatable bonds is 5. The van der Waals surface area contributed by atoms with Crippen LogP contribution in [-0.2, 0) is 0 Å². The summed E-state index contributed by atoms with van der Waals surface area (Å²) in [4.78, 5) is 24.4. The SMILES string of the molecule is CC1=CC(C)=C(CNC(=O)c2cc(C=O)cc3c2cnn3C2CCCC2)CN1. The monoisotopic (exact) mass is 378 g/mol. The Morgan fingerprint density at radius 1 is 1.32 bits per heavy atom. The first-order valence-corrected chi connectivity index (χ1v) is 9.92. The third-order valence-electron chi connectivity index (χ3n) is 5.82. The topological polar surface area (TPSA) is 76.0 Å². The van der Waals surface area contributed by atoms with Crippen molar-refractivity contribution in [1.82, 2.24) is 20.4 Å². The number of hydrogen-bond donors (Lipinski definition) is 2. The smallest absolute Gasteiger partial charge is 0.252 e. The predicted molar refractivity (Wildman–Crippen MR) is 109 cm³/mol. The number of carbonyl (C=O) groups excluding carboxylic acids is 2. The highest BCUT2D eigenvalue weighted by molar-refractivity contribution is 6.08. The Hall–Kier alpha value is -2.89. The lowest BCUT2D eigenvalue weighted by Crippen LogP contribution is -2.31. The molecule has 1 amide bonds. The average Bonchev–Trinajstić information content (AvgIpc) is 3.35. The summed E-state index contributed by atoms with van der Waals surface area (Å²) in [6, 6.07) is 3.86. The lowest BCUT2D eigenvalue weighted by molar-refractivity contribution is 0.0958. The number of carbonyl (C=O) groups is 2. The van der Waals surface area contributed by atoms with Crippen molar-refractivity contribution in [3.8, 4) is 0 Å². The van der Waals surface area contributed by atoms with E-state index in [1.165, 1.54) is 18.4 Å². The van der Waals surface area contributed by atoms with Gasteiger partial charge in [-0.1, -0.05) is 12.8 Å². The zero-order valence-electron chi connectivity index (χ0n) is 16.4. The minimum Gasteiger partial charge on any atom is -0.385 e. The van der Waals surface area contributed by atoms with E-state index in [4.69, 9.17) is 0 Å². The molecule has 1 aliphatic carbocycles. The Morgan fingerprint density at radius 2 is 2.11 bits per heavy atom. The molecule has 1 aromatic carbocycles. The van der Waals surface area contributed by atoms with E-state index in [2.05, 4.69) is 28.7 Å². The number of nitrogens with zero attached hydrogens (tertiary/aromatic N) is 2. The van der Waals surface area contributed by atoms with Crippen LogP contribution in [0.3, 0.4) is 0 Å². The summed E-state index contributed by atoms with van der Waals surface area (Å²) in [7, 11) is 0. The van der Waals surface area contributed by atoms with Gasteiger partial charge in [-0.25, -0.2) is 0 Å². The lowest BCUT2D eigenvalue weighted by atomic mass is 10.0. The van der Waals surface area contributed by atoms with Crippen LogP contribution in [0.4, 0.5) is 0 Å². The molecule has 28 heavy (non-hydrogen) atoms. The lowest BCUT2D eigenvalue weighted by Gasteiger charge is -2.19. The highest BCUT2D eigenvalue weighted by atomic mass is 16.1. The fourth-order valence-corrected chi connectivity index (χ4v) is 4.21. The van der Waals surface area contributed by atoms with E-state index >= 15 is 0 Å². The van der Waals surface area contributed by atoms with Gasteiger partial charge in [-0.05, 0) is 56.0 Å². The molecular formula is C22H26N4O2. The molecule has 2 N–H and O–H groups in total. The Bertz CT molecular complexity index is 993. The summed E-state index contributed by atoms with van der Waals surface area (Å²) in [5.41, 5.74) is 5.35. The van der Waals surface area contributed by atoms with Crippen molar-refractivity contribution < 1.29 is 9.59 Å². The van der Waals surface area contributed by atoms with Crippen LogP contribution in [-0.4, -0.2) is 35.1 Å². The number of aldehydes is 1. The summed E-state index contributed by atoms with van der Waals surface area (Å²) in [5, 5.41) is 11.7. The molecule has 4 rings (SSSR count). The van der Waals surface area contributed by atoms with Crippen molar-refractivity contribution >= 4 is 23.1 Å². The first-order chi connectivity index (χ1) is 13.6. The largest absolute Gasteiger partial charge is 0.385 e. The Kier molecular flexibility index (Phi) is 5.03. The van der Waals surface area contributed by atoms with Crippen LogP contribution in [0.1, 0.15) is 66.3 Å². The fraction of sp³-hybridized carbons (Fsp3) is 0.409. The highest BCUT2D eigenvalue weighted by Crippen LogP contribution is 2.32. The van der Waals surface area contributed by atoms with Crippen LogP contribution in [0.15, 0.2) is 41.2 Å². The van der Waals surface area contributed by atoms with E-state index in [9.17, 15) is 9.59 Å². The zero-order valence-corrected chi connectivity index (χ0v) is 16.4. The Morgan fingerprint density at radius 3 is 2.82 bits per heavy atom. The first-order valence-electron chi connectivity index (χ1n) is 9.92. The fourth-order valence-electron chi connectivity index (χ4n) is 4.21. The zero-order chi connectivity index (χ0) is 19.7. The van der Waals surface area contributed by atoms with E-state index in [1.54, 1.807) is 12.3 Å². The van der Waals surface area contributed by atoms with Gasteiger partial charge in [0, 0.05) is 29.7 Å². The molecule has 1 fully saturated rings. The third kappa shape index (κ3) is 3.46. The number of fused-ring (bicyclic) bond motifs is 1. The number of benzene rings is 1. The maximum Gasteiger partial charge on any atom is 0.252 e. The molecule has 0 radical (unpaired) electrons. The molecule has 1 saturated carbocycles. The molecule has 6 nitrogen and oxygen atoms in total. The van der Waals surface area contributed by atoms with Crippen molar-refractivity contribution in [1.29, 1.82) is 0 Å². The number of hydrogen-bond acceptors (Lipinski definition) is 4. The van der Waals surface area contributed by atoms with E-state index in [0.29, 0.717) is 23.7 Å². The second kappa shape index (κ2) is 7.62. The molecule has 0 unspecified atom stereocenters. The van der Waals surface area contributed by atoms with Gasteiger partial charge in [0.2, 0.25) is 0 Å². The molecule has 1 aliphatic heterocycles. The van der Waals surface area contributed by atoms with E-state index < -0.39 is 0 Å². The van der Waals surface area contributed by atoms with Gasteiger partial charge in [0.1, 0.15) is 6.29 Å². The van der Waals surface area contributed by atoms with Crippen molar-refractivity contribution in [2.75, 3.05) is 13.1 Å². The van der Waals surface area contributed by atoms with Crippen LogP contribution in [0.25, 0.3) is 10.9 Å². The standard InChI is InChI=1S/C22H26N4O2/c1-14-7-15(2)23-10-17(14)11-24-22(28)19-8-16(13-27)9-21-20(19)12-25-26(21)18-5-3-4-6-18/h7-9,12-13,18,23H,3-6,10-11H2,1-2H3,(H,24,28). The molecular weight excluding hydrogens is 352 g/mol. The summed E-state index contributed by atoms with van der Waals surface area (Å²) in [6.07, 6.45) is 9.23. The highest BCUT2D eigenvalue weighted by Gasteiger charge is 2.22. The third-order valence-corrected chi connectivity index (χ3v) is 5.82. The van der Waals surface area contributed by atoms with Gasteiger partial charge in [0.05, 0.1) is 23.3 Å². The molecule has 0 saturated heterocycles. The van der Waals surface area contributed by atoms with Crippen LogP contribution >= 0.6 is 0 Å². The number of dihydropyridines is 1. The Balaban J connectivity index is 1.63. The van der Waals surface area contributed by atoms with Gasteiger partial charge < -0.3 is 10.6 Å². The molecule has 0 bridgehead atoms. The van der Waals surface area contributed by atoms with Gasteiger partial charge in [-0.15, -0.1) is 0 Å². The second-order valence-corrected chi connectivity index (χ2v) is 7.80. The molecule has 0 atom stereocenters. The Labute approximate surface area is 164 Å². The maximum atomic E-state index is 12.9. The molecule has 0 spiro atoms. The van der Waals surface area contributed by atoms with Crippen molar-refractivity contribution in [2.24, 2.45) is 0 Å². The predicted octanol–water partition coefficient (Wildman–Crippen LogP) is 3.52. The van der Waals surface area contributed by atoms with Gasteiger partial charge in [0.25, 0.3) is 5.91 Å². The molecule has 2 aromatic rings. The van der Waals surface area contributed by atoms with Gasteiger partial charge in [-0.3, -0.25) is 14.3 Å². The van der Waals surface area contributed by atoms with Crippen molar-refractivity contribution in [3.63, 3.8) is 0 Å². The molecule has 2 aliphatic rings. The van der Waals surface area contributed by atoms with Crippen LogP contribution in [0.5, 0.6) is 0 Å². The van der Waals surface area contributed by atoms with E-state index in [-0.39, 0.29) is 5.91 Å². The van der Waals surface area contributed by atoms with E-state index in [1.807, 2.05) is 17.7 Å². The quantitative estimate of drug-likeness (QED) is 0.781. The van der Waals surface area contributed by atoms with Gasteiger partial charge in [-0.2, -0.15) is 5.10 Å². The number of aromatic nitrogens is 2. The number of allylic oxidation sites excluding steroid dienone is 3. The minimum atomic E-state index is -0.175. The summed E-state index contributed by atoms with van der Waals surface area (Å²) < 4.78 is 2.00. The normalized spacial score (nSPS) is 17.6. The van der Waals surface area contributed by atoms with Crippen LogP contribution < -0.4 is 10.6 Å². The van der Waals surface area contributed by atoms with Crippen molar-refractivity contribution in [2.45, 2.75) is 45.6 Å². The van der Waals surface area contributed by atoms with Crippen LogP contribution in [0.2, 0.25) is 0 Å². The average molecular weight is 378 g/mol. The van der Waals surface area contributed by atoms with Crippen LogP contribution in [0, 0.1) is 0 Å². The second-order valence-electron chi connectivity index (χ2n) is 7.80. The van der Waals surface area contributed by atoms with Gasteiger partial charge >= 0.3 is 0 Å². The minimum absolute atomic E-state index is 0.175. The summed E-state index contributed by atoms with van der Waals surface area (Å²) in [5.74, 6) is -0.175. The summed E-state index contributed by atoms with van der Waals surface area (Å²) >= 11 is 0. The first kappa shape index (κ1) is 18.5.